The molecule has 1 nitrogen and oxygen atoms in total. The molecule has 0 saturated heterocycles. The van der Waals surface area contributed by atoms with E-state index in [9.17, 15) is 0 Å². The summed E-state index contributed by atoms with van der Waals surface area (Å²) in [6, 6.07) is 0.370. The number of allylic oxidation sites excluding steroid dienone is 1. The first kappa shape index (κ1) is 5.83. The summed E-state index contributed by atoms with van der Waals surface area (Å²) >= 11 is 0. The molecule has 0 amide bonds. The van der Waals surface area contributed by atoms with Crippen molar-refractivity contribution in [2.45, 2.75) is 32.7 Å². The summed E-state index contributed by atoms with van der Waals surface area (Å²) in [6.45, 7) is 4.30. The Balaban J connectivity index is 2.71. The van der Waals surface area contributed by atoms with Crippen molar-refractivity contribution in [1.29, 1.82) is 0 Å². The van der Waals surface area contributed by atoms with E-state index in [0.717, 1.165) is 6.42 Å². The highest BCUT2D eigenvalue weighted by atomic mass is 14.6. The van der Waals surface area contributed by atoms with Crippen molar-refractivity contribution >= 4 is 0 Å². The molecule has 0 aromatic carbocycles. The lowest BCUT2D eigenvalue weighted by Crippen LogP contribution is -2.16. The van der Waals surface area contributed by atoms with Gasteiger partial charge in [0.25, 0.3) is 0 Å². The van der Waals surface area contributed by atoms with E-state index < -0.39 is 0 Å². The molecule has 8 heavy (non-hydrogen) atoms. The number of nitrogens with two attached hydrogens (primary N) is 1. The highest BCUT2D eigenvalue weighted by Gasteiger charge is 2.14. The number of hydrogen-bond acceptors (Lipinski definition) is 1. The highest BCUT2D eigenvalue weighted by Crippen LogP contribution is 2.23. The normalized spacial score (nSPS) is 29.6. The number of rotatable bonds is 0. The highest BCUT2D eigenvalue weighted by molar-refractivity contribution is 5.21. The molecular formula is C7H13N. The average Bonchev–Trinajstić information content (AvgIpc) is 1.98. The van der Waals surface area contributed by atoms with Crippen LogP contribution in [-0.4, -0.2) is 6.04 Å². The van der Waals surface area contributed by atoms with Crippen LogP contribution in [0.3, 0.4) is 0 Å². The zero-order chi connectivity index (χ0) is 6.15. The van der Waals surface area contributed by atoms with Crippen LogP contribution in [-0.2, 0) is 0 Å². The van der Waals surface area contributed by atoms with Gasteiger partial charge in [-0.15, -0.1) is 0 Å². The van der Waals surface area contributed by atoms with Gasteiger partial charge in [0.05, 0.1) is 0 Å². The molecule has 1 aliphatic carbocycles. The van der Waals surface area contributed by atoms with E-state index in [2.05, 4.69) is 13.8 Å². The summed E-state index contributed by atoms with van der Waals surface area (Å²) in [5, 5.41) is 0. The second kappa shape index (κ2) is 1.90. The maximum absolute atomic E-state index is 5.71. The maximum atomic E-state index is 5.71. The van der Waals surface area contributed by atoms with Crippen LogP contribution in [0.2, 0.25) is 0 Å². The molecule has 1 aliphatic rings. The third-order valence-corrected chi connectivity index (χ3v) is 2.06. The van der Waals surface area contributed by atoms with Crippen molar-refractivity contribution in [3.8, 4) is 0 Å². The minimum absolute atomic E-state index is 0.370. The quantitative estimate of drug-likeness (QED) is 0.470. The molecule has 0 fully saturated rings. The first-order chi connectivity index (χ1) is 3.72. The van der Waals surface area contributed by atoms with Gasteiger partial charge in [-0.3, -0.25) is 0 Å². The summed E-state index contributed by atoms with van der Waals surface area (Å²) in [7, 11) is 0. The Kier molecular flexibility index (Phi) is 1.39. The molecule has 1 heteroatoms. The van der Waals surface area contributed by atoms with Crippen LogP contribution in [0, 0.1) is 0 Å². The van der Waals surface area contributed by atoms with E-state index in [4.69, 9.17) is 5.73 Å². The molecule has 0 spiro atoms. The fourth-order valence-corrected chi connectivity index (χ4v) is 1.10. The van der Waals surface area contributed by atoms with Crippen molar-refractivity contribution in [3.05, 3.63) is 11.1 Å². The Morgan fingerprint density at radius 3 is 2.25 bits per heavy atom. The summed E-state index contributed by atoms with van der Waals surface area (Å²) in [5.41, 5.74) is 8.62. The van der Waals surface area contributed by atoms with E-state index in [1.807, 2.05) is 0 Å². The molecule has 0 bridgehead atoms. The smallest absolute Gasteiger partial charge is 0.0256 e. The minimum Gasteiger partial charge on any atom is -0.324 e. The molecule has 0 aliphatic heterocycles. The molecule has 46 valence electrons. The van der Waals surface area contributed by atoms with Crippen LogP contribution in [0.4, 0.5) is 0 Å². The van der Waals surface area contributed by atoms with Crippen molar-refractivity contribution in [3.63, 3.8) is 0 Å². The lowest BCUT2D eigenvalue weighted by atomic mass is 10.2. The fraction of sp³-hybridized carbons (Fsp3) is 0.714. The van der Waals surface area contributed by atoms with Crippen LogP contribution in [0.25, 0.3) is 0 Å². The Labute approximate surface area is 50.6 Å². The lowest BCUT2D eigenvalue weighted by molar-refractivity contribution is 0.749. The SMILES string of the molecule is CC1=C(C)C(N)CC1. The zero-order valence-corrected chi connectivity index (χ0v) is 5.57. The number of hydrogen-bond donors (Lipinski definition) is 1. The maximum Gasteiger partial charge on any atom is 0.0256 e. The fourth-order valence-electron chi connectivity index (χ4n) is 1.10. The first-order valence-corrected chi connectivity index (χ1v) is 3.13. The van der Waals surface area contributed by atoms with Crippen LogP contribution >= 0.6 is 0 Å². The second-order valence-corrected chi connectivity index (χ2v) is 2.61. The van der Waals surface area contributed by atoms with Gasteiger partial charge < -0.3 is 5.73 Å². The van der Waals surface area contributed by atoms with Crippen LogP contribution in [0.5, 0.6) is 0 Å². The van der Waals surface area contributed by atoms with E-state index >= 15 is 0 Å². The molecular weight excluding hydrogens is 98.1 g/mol. The molecule has 1 atom stereocenters. The Hall–Kier alpha value is -0.300. The molecule has 0 heterocycles. The Morgan fingerprint density at radius 1 is 1.50 bits per heavy atom. The van der Waals surface area contributed by atoms with Gasteiger partial charge in [-0.25, -0.2) is 0 Å². The van der Waals surface area contributed by atoms with Gasteiger partial charge in [0.1, 0.15) is 0 Å². The van der Waals surface area contributed by atoms with E-state index in [1.54, 1.807) is 0 Å². The van der Waals surface area contributed by atoms with Gasteiger partial charge in [-0.2, -0.15) is 0 Å². The van der Waals surface area contributed by atoms with Crippen molar-refractivity contribution in [1.82, 2.24) is 0 Å². The van der Waals surface area contributed by atoms with Gasteiger partial charge in [-0.1, -0.05) is 11.1 Å². The standard InChI is InChI=1S/C7H13N/c1-5-3-4-7(8)6(5)2/h7H,3-4,8H2,1-2H3. The Morgan fingerprint density at radius 2 is 2.12 bits per heavy atom. The third kappa shape index (κ3) is 0.781. The van der Waals surface area contributed by atoms with Gasteiger partial charge >= 0.3 is 0 Å². The molecule has 1 unspecified atom stereocenters. The van der Waals surface area contributed by atoms with Crippen LogP contribution < -0.4 is 5.73 Å². The minimum atomic E-state index is 0.370. The van der Waals surface area contributed by atoms with Gasteiger partial charge in [0, 0.05) is 6.04 Å². The average molecular weight is 111 g/mol. The predicted molar refractivity (Wildman–Crippen MR) is 35.6 cm³/mol. The van der Waals surface area contributed by atoms with Gasteiger partial charge in [0.15, 0.2) is 0 Å². The summed E-state index contributed by atoms with van der Waals surface area (Å²) in [4.78, 5) is 0. The van der Waals surface area contributed by atoms with E-state index in [-0.39, 0.29) is 0 Å². The molecule has 2 N–H and O–H groups in total. The van der Waals surface area contributed by atoms with Crippen molar-refractivity contribution in [2.24, 2.45) is 5.73 Å². The van der Waals surface area contributed by atoms with Crippen LogP contribution in [0.1, 0.15) is 26.7 Å². The zero-order valence-electron chi connectivity index (χ0n) is 5.57. The Bertz CT molecular complexity index is 124. The molecule has 0 radical (unpaired) electrons. The predicted octanol–water partition coefficient (Wildman–Crippen LogP) is 1.44. The summed E-state index contributed by atoms with van der Waals surface area (Å²) < 4.78 is 0. The second-order valence-electron chi connectivity index (χ2n) is 2.61. The van der Waals surface area contributed by atoms with E-state index in [1.165, 1.54) is 17.6 Å². The third-order valence-electron chi connectivity index (χ3n) is 2.06. The molecule has 0 aromatic rings. The first-order valence-electron chi connectivity index (χ1n) is 3.13. The van der Waals surface area contributed by atoms with Gasteiger partial charge in [-0.05, 0) is 26.7 Å². The topological polar surface area (TPSA) is 26.0 Å². The van der Waals surface area contributed by atoms with Crippen molar-refractivity contribution < 1.29 is 0 Å². The summed E-state index contributed by atoms with van der Waals surface area (Å²) in [6.07, 6.45) is 2.38. The monoisotopic (exact) mass is 111 g/mol. The molecule has 0 saturated carbocycles. The molecule has 0 aromatic heterocycles. The lowest BCUT2D eigenvalue weighted by Gasteiger charge is -2.00. The van der Waals surface area contributed by atoms with Crippen LogP contribution in [0.15, 0.2) is 11.1 Å². The largest absolute Gasteiger partial charge is 0.324 e. The van der Waals surface area contributed by atoms with Crippen molar-refractivity contribution in [2.75, 3.05) is 0 Å². The van der Waals surface area contributed by atoms with E-state index in [0.29, 0.717) is 6.04 Å². The molecule has 1 rings (SSSR count). The summed E-state index contributed by atoms with van der Waals surface area (Å²) in [5.74, 6) is 0. The van der Waals surface area contributed by atoms with Gasteiger partial charge in [0.2, 0.25) is 0 Å².